The van der Waals surface area contributed by atoms with Gasteiger partial charge in [-0.1, -0.05) is 54.6 Å². The van der Waals surface area contributed by atoms with Crippen LogP contribution in [-0.4, -0.2) is 7.11 Å². The van der Waals surface area contributed by atoms with Gasteiger partial charge in [-0.05, 0) is 59.8 Å². The second-order valence-corrected chi connectivity index (χ2v) is 6.60. The SMILES string of the molecule is C=C[C@H]1CC[C@H](c2ccc(-c3ccc(COC)cc3)cc2)CC1. The highest BCUT2D eigenvalue weighted by atomic mass is 16.5. The average Bonchev–Trinajstić information content (AvgIpc) is 2.63. The second kappa shape index (κ2) is 7.61. The van der Waals surface area contributed by atoms with E-state index in [-0.39, 0.29) is 0 Å². The molecule has 2 aromatic rings. The summed E-state index contributed by atoms with van der Waals surface area (Å²) in [5.74, 6) is 1.46. The van der Waals surface area contributed by atoms with Crippen LogP contribution in [0.25, 0.3) is 11.1 Å². The first kappa shape index (κ1) is 16.0. The van der Waals surface area contributed by atoms with E-state index in [1.165, 1.54) is 47.9 Å². The molecule has 120 valence electrons. The Bertz CT molecular complexity index is 616. The summed E-state index contributed by atoms with van der Waals surface area (Å²) in [7, 11) is 1.73. The number of methoxy groups -OCH3 is 1. The van der Waals surface area contributed by atoms with Gasteiger partial charge in [0, 0.05) is 7.11 Å². The summed E-state index contributed by atoms with van der Waals surface area (Å²) in [6, 6.07) is 17.8. The van der Waals surface area contributed by atoms with Crippen LogP contribution >= 0.6 is 0 Å². The first-order chi connectivity index (χ1) is 11.3. The molecule has 1 fully saturated rings. The molecule has 23 heavy (non-hydrogen) atoms. The Morgan fingerprint density at radius 2 is 1.48 bits per heavy atom. The summed E-state index contributed by atoms with van der Waals surface area (Å²) >= 11 is 0. The van der Waals surface area contributed by atoms with Crippen molar-refractivity contribution in [1.29, 1.82) is 0 Å². The Balaban J connectivity index is 1.68. The zero-order valence-electron chi connectivity index (χ0n) is 14.0. The van der Waals surface area contributed by atoms with Gasteiger partial charge in [-0.25, -0.2) is 0 Å². The third-order valence-corrected chi connectivity index (χ3v) is 5.09. The number of allylic oxidation sites excluding steroid dienone is 1. The Morgan fingerprint density at radius 3 is 2.00 bits per heavy atom. The summed E-state index contributed by atoms with van der Waals surface area (Å²) in [5.41, 5.74) is 5.27. The number of hydrogen-bond donors (Lipinski definition) is 0. The van der Waals surface area contributed by atoms with Crippen LogP contribution in [0.2, 0.25) is 0 Å². The molecule has 2 aromatic carbocycles. The van der Waals surface area contributed by atoms with Crippen LogP contribution in [0, 0.1) is 5.92 Å². The van der Waals surface area contributed by atoms with Crippen molar-refractivity contribution in [2.24, 2.45) is 5.92 Å². The molecular weight excluding hydrogens is 280 g/mol. The van der Waals surface area contributed by atoms with E-state index in [1.54, 1.807) is 7.11 Å². The molecule has 0 saturated heterocycles. The van der Waals surface area contributed by atoms with Crippen molar-refractivity contribution in [3.63, 3.8) is 0 Å². The summed E-state index contributed by atoms with van der Waals surface area (Å²) in [6.07, 6.45) is 7.30. The molecule has 0 atom stereocenters. The van der Waals surface area contributed by atoms with Gasteiger partial charge in [-0.3, -0.25) is 0 Å². The highest BCUT2D eigenvalue weighted by Gasteiger charge is 2.20. The number of hydrogen-bond acceptors (Lipinski definition) is 1. The number of ether oxygens (including phenoxy) is 1. The van der Waals surface area contributed by atoms with Crippen molar-refractivity contribution < 1.29 is 4.74 Å². The summed E-state index contributed by atoms with van der Waals surface area (Å²) in [5, 5.41) is 0. The largest absolute Gasteiger partial charge is 0.380 e. The van der Waals surface area contributed by atoms with E-state index < -0.39 is 0 Å². The quantitative estimate of drug-likeness (QED) is 0.619. The Hall–Kier alpha value is -1.86. The molecule has 1 saturated carbocycles. The number of benzene rings is 2. The van der Waals surface area contributed by atoms with Gasteiger partial charge in [-0.15, -0.1) is 6.58 Å². The van der Waals surface area contributed by atoms with Crippen molar-refractivity contribution >= 4 is 0 Å². The molecule has 1 aliphatic carbocycles. The normalized spacial score (nSPS) is 21.1. The highest BCUT2D eigenvalue weighted by molar-refractivity contribution is 5.64. The lowest BCUT2D eigenvalue weighted by Gasteiger charge is -2.27. The van der Waals surface area contributed by atoms with Gasteiger partial charge in [0.1, 0.15) is 0 Å². The second-order valence-electron chi connectivity index (χ2n) is 6.60. The van der Waals surface area contributed by atoms with Crippen molar-refractivity contribution in [2.75, 3.05) is 7.11 Å². The molecule has 1 nitrogen and oxygen atoms in total. The van der Waals surface area contributed by atoms with E-state index in [0.29, 0.717) is 6.61 Å². The van der Waals surface area contributed by atoms with Gasteiger partial charge in [0.2, 0.25) is 0 Å². The predicted octanol–water partition coefficient (Wildman–Crippen LogP) is 5.96. The molecule has 0 aliphatic heterocycles. The molecule has 0 spiro atoms. The minimum atomic E-state index is 0.673. The topological polar surface area (TPSA) is 9.23 Å². The molecule has 0 unspecified atom stereocenters. The van der Waals surface area contributed by atoms with Crippen molar-refractivity contribution in [3.8, 4) is 11.1 Å². The van der Waals surface area contributed by atoms with Crippen LogP contribution in [0.3, 0.4) is 0 Å². The Kier molecular flexibility index (Phi) is 5.30. The van der Waals surface area contributed by atoms with Gasteiger partial charge in [-0.2, -0.15) is 0 Å². The van der Waals surface area contributed by atoms with Crippen LogP contribution in [0.15, 0.2) is 61.2 Å². The number of rotatable bonds is 5. The van der Waals surface area contributed by atoms with Crippen molar-refractivity contribution in [2.45, 2.75) is 38.2 Å². The molecular formula is C22H26O. The Morgan fingerprint density at radius 1 is 0.913 bits per heavy atom. The van der Waals surface area contributed by atoms with Gasteiger partial charge in [0.05, 0.1) is 6.61 Å². The van der Waals surface area contributed by atoms with Crippen LogP contribution in [0.4, 0.5) is 0 Å². The maximum absolute atomic E-state index is 5.17. The van der Waals surface area contributed by atoms with Gasteiger partial charge < -0.3 is 4.74 Å². The monoisotopic (exact) mass is 306 g/mol. The van der Waals surface area contributed by atoms with Gasteiger partial charge in [0.25, 0.3) is 0 Å². The minimum absolute atomic E-state index is 0.673. The zero-order chi connectivity index (χ0) is 16.1. The lowest BCUT2D eigenvalue weighted by atomic mass is 9.78. The zero-order valence-corrected chi connectivity index (χ0v) is 14.0. The van der Waals surface area contributed by atoms with Crippen molar-refractivity contribution in [3.05, 3.63) is 72.3 Å². The van der Waals surface area contributed by atoms with Gasteiger partial charge in [0.15, 0.2) is 0 Å². The van der Waals surface area contributed by atoms with Crippen LogP contribution in [0.5, 0.6) is 0 Å². The van der Waals surface area contributed by atoms with Gasteiger partial charge >= 0.3 is 0 Å². The molecule has 1 heteroatoms. The van der Waals surface area contributed by atoms with Crippen LogP contribution in [0.1, 0.15) is 42.7 Å². The maximum atomic E-state index is 5.17. The van der Waals surface area contributed by atoms with E-state index in [4.69, 9.17) is 4.74 Å². The van der Waals surface area contributed by atoms with Crippen LogP contribution in [-0.2, 0) is 11.3 Å². The average molecular weight is 306 g/mol. The first-order valence-electron chi connectivity index (χ1n) is 8.61. The van der Waals surface area contributed by atoms with E-state index in [0.717, 1.165) is 11.8 Å². The lowest BCUT2D eigenvalue weighted by Crippen LogP contribution is -2.11. The standard InChI is InChI=1S/C22H26O/c1-3-17-4-8-19(9-5-17)21-12-14-22(15-13-21)20-10-6-18(7-11-20)16-23-2/h3,6-7,10-15,17,19H,1,4-5,8-9,16H2,2H3/t17-,19-. The summed E-state index contributed by atoms with van der Waals surface area (Å²) in [4.78, 5) is 0. The van der Waals surface area contributed by atoms with Crippen LogP contribution < -0.4 is 0 Å². The molecule has 0 heterocycles. The van der Waals surface area contributed by atoms with E-state index >= 15 is 0 Å². The van der Waals surface area contributed by atoms with E-state index in [2.05, 4.69) is 61.2 Å². The molecule has 3 rings (SSSR count). The summed E-state index contributed by atoms with van der Waals surface area (Å²) < 4.78 is 5.17. The van der Waals surface area contributed by atoms with E-state index in [9.17, 15) is 0 Å². The van der Waals surface area contributed by atoms with E-state index in [1.807, 2.05) is 0 Å². The maximum Gasteiger partial charge on any atom is 0.0713 e. The molecule has 0 bridgehead atoms. The lowest BCUT2D eigenvalue weighted by molar-refractivity contribution is 0.185. The molecule has 0 radical (unpaired) electrons. The smallest absolute Gasteiger partial charge is 0.0713 e. The van der Waals surface area contributed by atoms with Crippen molar-refractivity contribution in [1.82, 2.24) is 0 Å². The molecule has 1 aliphatic rings. The molecule has 0 N–H and O–H groups in total. The summed E-state index contributed by atoms with van der Waals surface area (Å²) in [6.45, 7) is 4.61. The first-order valence-corrected chi connectivity index (χ1v) is 8.61. The fourth-order valence-electron chi connectivity index (χ4n) is 3.60. The predicted molar refractivity (Wildman–Crippen MR) is 97.5 cm³/mol. The molecule has 0 amide bonds. The fourth-order valence-corrected chi connectivity index (χ4v) is 3.60. The Labute approximate surface area is 140 Å². The minimum Gasteiger partial charge on any atom is -0.380 e. The fraction of sp³-hybridized carbons (Fsp3) is 0.364. The third kappa shape index (κ3) is 3.92. The molecule has 0 aromatic heterocycles. The third-order valence-electron chi connectivity index (χ3n) is 5.09. The highest BCUT2D eigenvalue weighted by Crippen LogP contribution is 2.36.